The van der Waals surface area contributed by atoms with Crippen molar-refractivity contribution in [2.24, 2.45) is 4.99 Å². The second-order valence-electron chi connectivity index (χ2n) is 7.31. The summed E-state index contributed by atoms with van der Waals surface area (Å²) in [5, 5.41) is 7.76. The largest absolute Gasteiger partial charge is 0.444 e. The minimum atomic E-state index is -0.459. The van der Waals surface area contributed by atoms with Gasteiger partial charge in [-0.3, -0.25) is 4.99 Å². The number of hydrogen-bond acceptors (Lipinski definition) is 5. The van der Waals surface area contributed by atoms with Gasteiger partial charge in [-0.2, -0.15) is 0 Å². The molecule has 2 heterocycles. The number of aromatic nitrogens is 1. The summed E-state index contributed by atoms with van der Waals surface area (Å²) >= 11 is 1.76. The van der Waals surface area contributed by atoms with E-state index in [1.165, 1.54) is 4.88 Å². The van der Waals surface area contributed by atoms with Gasteiger partial charge in [0.05, 0.1) is 11.0 Å². The number of hydrogen-bond donors (Lipinski definition) is 2. The molecule has 1 aliphatic heterocycles. The molecule has 1 aromatic heterocycles. The maximum absolute atomic E-state index is 12.0. The van der Waals surface area contributed by atoms with E-state index in [2.05, 4.69) is 27.5 Å². The number of rotatable bonds is 6. The predicted molar refractivity (Wildman–Crippen MR) is 106 cm³/mol. The van der Waals surface area contributed by atoms with Crippen LogP contribution in [0.1, 0.15) is 44.5 Å². The van der Waals surface area contributed by atoms with Crippen LogP contribution in [0.15, 0.2) is 11.2 Å². The van der Waals surface area contributed by atoms with E-state index in [1.807, 2.05) is 33.9 Å². The Labute approximate surface area is 160 Å². The molecule has 0 bridgehead atoms. The average Bonchev–Trinajstić information content (AvgIpc) is 2.96. The molecule has 1 aliphatic rings. The number of aryl methyl sites for hydroxylation is 1. The summed E-state index contributed by atoms with van der Waals surface area (Å²) < 4.78 is 5.38. The first-order valence-corrected chi connectivity index (χ1v) is 10.1. The van der Waals surface area contributed by atoms with Crippen molar-refractivity contribution in [1.29, 1.82) is 0 Å². The third-order valence-electron chi connectivity index (χ3n) is 3.76. The molecule has 0 atom stereocenters. The summed E-state index contributed by atoms with van der Waals surface area (Å²) in [6, 6.07) is 0.201. The van der Waals surface area contributed by atoms with Crippen molar-refractivity contribution in [3.63, 3.8) is 0 Å². The Hall–Kier alpha value is -1.83. The van der Waals surface area contributed by atoms with Gasteiger partial charge >= 0.3 is 6.09 Å². The van der Waals surface area contributed by atoms with Crippen molar-refractivity contribution >= 4 is 23.4 Å². The first-order chi connectivity index (χ1) is 12.3. The maximum Gasteiger partial charge on any atom is 0.410 e. The number of likely N-dealkylation sites (tertiary alicyclic amines) is 1. The molecule has 26 heavy (non-hydrogen) atoms. The van der Waals surface area contributed by atoms with Gasteiger partial charge < -0.3 is 20.3 Å². The maximum atomic E-state index is 12.0. The van der Waals surface area contributed by atoms with Crippen LogP contribution in [0.3, 0.4) is 0 Å². The number of amides is 1. The zero-order chi connectivity index (χ0) is 19.2. The van der Waals surface area contributed by atoms with Crippen molar-refractivity contribution in [2.45, 2.75) is 59.1 Å². The first-order valence-electron chi connectivity index (χ1n) is 9.27. The molecule has 2 rings (SSSR count). The van der Waals surface area contributed by atoms with Crippen molar-refractivity contribution in [3.8, 4) is 0 Å². The van der Waals surface area contributed by atoms with E-state index < -0.39 is 5.60 Å². The zero-order valence-corrected chi connectivity index (χ0v) is 17.3. The Morgan fingerprint density at radius 3 is 2.73 bits per heavy atom. The van der Waals surface area contributed by atoms with Crippen LogP contribution >= 0.6 is 11.3 Å². The first kappa shape index (κ1) is 20.5. The quantitative estimate of drug-likeness (QED) is 0.584. The molecule has 1 aromatic rings. The monoisotopic (exact) mass is 381 g/mol. The Morgan fingerprint density at radius 1 is 1.42 bits per heavy atom. The fourth-order valence-electron chi connectivity index (χ4n) is 2.45. The van der Waals surface area contributed by atoms with Crippen LogP contribution in [0.2, 0.25) is 0 Å². The van der Waals surface area contributed by atoms with E-state index in [1.54, 1.807) is 16.2 Å². The molecule has 7 nitrogen and oxygen atoms in total. The van der Waals surface area contributed by atoms with E-state index in [0.29, 0.717) is 19.6 Å². The highest BCUT2D eigenvalue weighted by Crippen LogP contribution is 2.15. The minimum absolute atomic E-state index is 0.201. The van der Waals surface area contributed by atoms with Crippen molar-refractivity contribution in [3.05, 3.63) is 16.1 Å². The molecule has 0 unspecified atom stereocenters. The molecule has 0 aliphatic carbocycles. The number of carbonyl (C=O) groups excluding carboxylic acids is 1. The standard InChI is InChI=1S/C18H31N5O2S/c1-6-14-10-21-15(26-14)8-9-20-16(19-7-2)22-13-11-23(12-13)17(24)25-18(3,4)5/h10,13H,6-9,11-12H2,1-5H3,(H2,19,20,22). The minimum Gasteiger partial charge on any atom is -0.444 e. The van der Waals surface area contributed by atoms with Gasteiger partial charge in [-0.1, -0.05) is 6.92 Å². The highest BCUT2D eigenvalue weighted by Gasteiger charge is 2.34. The Balaban J connectivity index is 1.77. The van der Waals surface area contributed by atoms with Gasteiger partial charge in [0.1, 0.15) is 5.60 Å². The molecule has 0 radical (unpaired) electrons. The zero-order valence-electron chi connectivity index (χ0n) is 16.5. The number of guanidine groups is 1. The molecular weight excluding hydrogens is 350 g/mol. The lowest BCUT2D eigenvalue weighted by atomic mass is 10.1. The molecule has 2 N–H and O–H groups in total. The summed E-state index contributed by atoms with van der Waals surface area (Å²) in [4.78, 5) is 24.0. The van der Waals surface area contributed by atoms with E-state index in [0.717, 1.165) is 30.4 Å². The van der Waals surface area contributed by atoms with Crippen LogP contribution in [0, 0.1) is 0 Å². The van der Waals surface area contributed by atoms with E-state index >= 15 is 0 Å². The van der Waals surface area contributed by atoms with Crippen LogP contribution in [0.4, 0.5) is 4.79 Å². The lowest BCUT2D eigenvalue weighted by Gasteiger charge is -2.40. The summed E-state index contributed by atoms with van der Waals surface area (Å²) in [6.45, 7) is 12.6. The fourth-order valence-corrected chi connectivity index (χ4v) is 3.30. The van der Waals surface area contributed by atoms with Gasteiger partial charge in [0.25, 0.3) is 0 Å². The average molecular weight is 382 g/mol. The molecule has 0 spiro atoms. The molecule has 1 saturated heterocycles. The Morgan fingerprint density at radius 2 is 2.15 bits per heavy atom. The third kappa shape index (κ3) is 6.48. The topological polar surface area (TPSA) is 78.9 Å². The molecule has 0 saturated carbocycles. The van der Waals surface area contributed by atoms with Crippen LogP contribution in [0.5, 0.6) is 0 Å². The highest BCUT2D eigenvalue weighted by atomic mass is 32.1. The van der Waals surface area contributed by atoms with Crippen LogP contribution < -0.4 is 10.6 Å². The van der Waals surface area contributed by atoms with Gasteiger partial charge in [-0.05, 0) is 34.1 Å². The van der Waals surface area contributed by atoms with Gasteiger partial charge in [-0.25, -0.2) is 9.78 Å². The summed E-state index contributed by atoms with van der Waals surface area (Å²) in [5.41, 5.74) is -0.459. The molecule has 8 heteroatoms. The molecule has 146 valence electrons. The van der Waals surface area contributed by atoms with E-state index in [9.17, 15) is 4.79 Å². The molecule has 1 amide bonds. The number of ether oxygens (including phenoxy) is 1. The molecule has 0 aromatic carbocycles. The van der Waals surface area contributed by atoms with Gasteiger partial charge in [0.2, 0.25) is 0 Å². The number of carbonyl (C=O) groups is 1. The molecular formula is C18H31N5O2S. The SMILES string of the molecule is CCNC(=NCCc1ncc(CC)s1)NC1CN(C(=O)OC(C)(C)C)C1. The second kappa shape index (κ2) is 9.21. The number of nitrogens with zero attached hydrogens (tertiary/aromatic N) is 3. The molecule has 1 fully saturated rings. The second-order valence-corrected chi connectivity index (χ2v) is 8.51. The van der Waals surface area contributed by atoms with E-state index in [4.69, 9.17) is 4.74 Å². The predicted octanol–water partition coefficient (Wildman–Crippen LogP) is 2.42. The van der Waals surface area contributed by atoms with Crippen molar-refractivity contribution in [1.82, 2.24) is 20.5 Å². The summed E-state index contributed by atoms with van der Waals surface area (Å²) in [6.07, 6.45) is 3.57. The highest BCUT2D eigenvalue weighted by molar-refractivity contribution is 7.11. The van der Waals surface area contributed by atoms with Crippen LogP contribution in [-0.2, 0) is 17.6 Å². The van der Waals surface area contributed by atoms with Crippen molar-refractivity contribution in [2.75, 3.05) is 26.2 Å². The van der Waals surface area contributed by atoms with Gasteiger partial charge in [0, 0.05) is 43.7 Å². The third-order valence-corrected chi connectivity index (χ3v) is 4.97. The van der Waals surface area contributed by atoms with Gasteiger partial charge in [0.15, 0.2) is 5.96 Å². The van der Waals surface area contributed by atoms with Crippen LogP contribution in [0.25, 0.3) is 0 Å². The smallest absolute Gasteiger partial charge is 0.410 e. The lowest BCUT2D eigenvalue weighted by Crippen LogP contribution is -2.63. The number of aliphatic imine (C=N–C) groups is 1. The Kier molecular flexibility index (Phi) is 7.25. The lowest BCUT2D eigenvalue weighted by molar-refractivity contribution is 0.00701. The van der Waals surface area contributed by atoms with E-state index in [-0.39, 0.29) is 12.1 Å². The summed E-state index contributed by atoms with van der Waals surface area (Å²) in [5.74, 6) is 0.786. The van der Waals surface area contributed by atoms with Crippen LogP contribution in [-0.4, -0.2) is 59.8 Å². The fraction of sp³-hybridized carbons (Fsp3) is 0.722. The van der Waals surface area contributed by atoms with Crippen molar-refractivity contribution < 1.29 is 9.53 Å². The number of thiazole rings is 1. The Bertz CT molecular complexity index is 617. The van der Waals surface area contributed by atoms with Gasteiger partial charge in [-0.15, -0.1) is 11.3 Å². The normalized spacial score (nSPS) is 15.6. The summed E-state index contributed by atoms with van der Waals surface area (Å²) in [7, 11) is 0. The number of nitrogens with one attached hydrogen (secondary N) is 2.